The standard InChI is InChI=1S/C20H20FN5/c21-16-9-10-25(13-17(16)23)20-24-18-3-1-2-4-19(18)26(20)12-15-7-5-14(11-22)6-8-15/h1-8,16-17H,9-10,12-13,23H2/t16-,17+/m0/s1. The topological polar surface area (TPSA) is 70.9 Å². The zero-order chi connectivity index (χ0) is 18.1. The van der Waals surface area contributed by atoms with Crippen LogP contribution in [-0.4, -0.2) is 34.9 Å². The van der Waals surface area contributed by atoms with E-state index in [4.69, 9.17) is 16.0 Å². The Kier molecular flexibility index (Phi) is 4.31. The summed E-state index contributed by atoms with van der Waals surface area (Å²) in [6.45, 7) is 1.69. The number of rotatable bonds is 3. The molecule has 1 saturated heterocycles. The maximum Gasteiger partial charge on any atom is 0.206 e. The van der Waals surface area contributed by atoms with Gasteiger partial charge in [-0.2, -0.15) is 5.26 Å². The van der Waals surface area contributed by atoms with E-state index in [0.717, 1.165) is 22.5 Å². The highest BCUT2D eigenvalue weighted by atomic mass is 19.1. The lowest BCUT2D eigenvalue weighted by molar-refractivity contribution is 0.243. The number of piperidine rings is 1. The van der Waals surface area contributed by atoms with Gasteiger partial charge in [-0.15, -0.1) is 0 Å². The molecule has 2 atom stereocenters. The van der Waals surface area contributed by atoms with Crippen LogP contribution in [-0.2, 0) is 6.54 Å². The van der Waals surface area contributed by atoms with Crippen LogP contribution in [0.1, 0.15) is 17.5 Å². The van der Waals surface area contributed by atoms with Crippen LogP contribution in [0.4, 0.5) is 10.3 Å². The number of nitrogens with zero attached hydrogens (tertiary/aromatic N) is 4. The maximum absolute atomic E-state index is 13.8. The van der Waals surface area contributed by atoms with Gasteiger partial charge in [-0.3, -0.25) is 0 Å². The number of aromatic nitrogens is 2. The van der Waals surface area contributed by atoms with Crippen molar-refractivity contribution in [1.29, 1.82) is 5.26 Å². The molecule has 0 radical (unpaired) electrons. The van der Waals surface area contributed by atoms with Crippen molar-refractivity contribution in [2.45, 2.75) is 25.2 Å². The average molecular weight is 349 g/mol. The summed E-state index contributed by atoms with van der Waals surface area (Å²) in [6, 6.07) is 17.2. The van der Waals surface area contributed by atoms with Crippen LogP contribution in [0.25, 0.3) is 11.0 Å². The molecule has 2 N–H and O–H groups in total. The molecule has 2 heterocycles. The van der Waals surface area contributed by atoms with E-state index < -0.39 is 12.2 Å². The molecule has 0 amide bonds. The molecule has 1 aliphatic heterocycles. The lowest BCUT2D eigenvalue weighted by Crippen LogP contribution is -2.50. The first kappa shape index (κ1) is 16.6. The smallest absolute Gasteiger partial charge is 0.206 e. The molecule has 132 valence electrons. The van der Waals surface area contributed by atoms with Gasteiger partial charge in [0.05, 0.1) is 35.3 Å². The second-order valence-corrected chi connectivity index (χ2v) is 6.71. The zero-order valence-electron chi connectivity index (χ0n) is 14.3. The fraction of sp³-hybridized carbons (Fsp3) is 0.300. The van der Waals surface area contributed by atoms with E-state index in [1.807, 2.05) is 48.5 Å². The quantitative estimate of drug-likeness (QED) is 0.789. The van der Waals surface area contributed by atoms with Crippen molar-refractivity contribution in [3.63, 3.8) is 0 Å². The van der Waals surface area contributed by atoms with Gasteiger partial charge in [-0.1, -0.05) is 24.3 Å². The second kappa shape index (κ2) is 6.77. The van der Waals surface area contributed by atoms with Crippen molar-refractivity contribution >= 4 is 17.0 Å². The molecule has 0 aliphatic carbocycles. The van der Waals surface area contributed by atoms with Gasteiger partial charge in [0.15, 0.2) is 0 Å². The van der Waals surface area contributed by atoms with Gasteiger partial charge in [0, 0.05) is 13.1 Å². The summed E-state index contributed by atoms with van der Waals surface area (Å²) in [5.41, 5.74) is 9.61. The van der Waals surface area contributed by atoms with Crippen LogP contribution in [0.5, 0.6) is 0 Å². The average Bonchev–Trinajstić information content (AvgIpc) is 3.03. The highest BCUT2D eigenvalue weighted by molar-refractivity contribution is 5.79. The van der Waals surface area contributed by atoms with E-state index in [1.165, 1.54) is 0 Å². The fourth-order valence-electron chi connectivity index (χ4n) is 3.46. The lowest BCUT2D eigenvalue weighted by atomic mass is 10.1. The summed E-state index contributed by atoms with van der Waals surface area (Å²) in [4.78, 5) is 6.86. The molecule has 4 rings (SSSR count). The fourth-order valence-corrected chi connectivity index (χ4v) is 3.46. The molecule has 0 bridgehead atoms. The minimum absolute atomic E-state index is 0.418. The van der Waals surface area contributed by atoms with E-state index in [9.17, 15) is 4.39 Å². The Bertz CT molecular complexity index is 956. The molecule has 0 saturated carbocycles. The van der Waals surface area contributed by atoms with E-state index in [1.54, 1.807) is 0 Å². The second-order valence-electron chi connectivity index (χ2n) is 6.71. The monoisotopic (exact) mass is 349 g/mol. The third kappa shape index (κ3) is 3.02. The highest BCUT2D eigenvalue weighted by Gasteiger charge is 2.29. The molecule has 5 nitrogen and oxygen atoms in total. The summed E-state index contributed by atoms with van der Waals surface area (Å²) in [5.74, 6) is 0.818. The van der Waals surface area contributed by atoms with Gasteiger partial charge in [0.2, 0.25) is 5.95 Å². The number of halogens is 1. The van der Waals surface area contributed by atoms with Crippen molar-refractivity contribution in [2.75, 3.05) is 18.0 Å². The predicted octanol–water partition coefficient (Wildman–Crippen LogP) is 2.83. The molecular formula is C20H20FN5. The third-order valence-electron chi connectivity index (χ3n) is 4.91. The Morgan fingerprint density at radius 2 is 1.96 bits per heavy atom. The van der Waals surface area contributed by atoms with Crippen LogP contribution < -0.4 is 10.6 Å². The number of hydrogen-bond donors (Lipinski definition) is 1. The number of nitriles is 1. The summed E-state index contributed by atoms with van der Waals surface area (Å²) in [7, 11) is 0. The Morgan fingerprint density at radius 3 is 2.69 bits per heavy atom. The molecule has 6 heteroatoms. The van der Waals surface area contributed by atoms with Crippen molar-refractivity contribution < 1.29 is 4.39 Å². The van der Waals surface area contributed by atoms with Crippen LogP contribution in [0.15, 0.2) is 48.5 Å². The van der Waals surface area contributed by atoms with E-state index in [-0.39, 0.29) is 0 Å². The van der Waals surface area contributed by atoms with Gasteiger partial charge < -0.3 is 15.2 Å². The zero-order valence-corrected chi connectivity index (χ0v) is 14.3. The highest BCUT2D eigenvalue weighted by Crippen LogP contribution is 2.27. The minimum atomic E-state index is -0.956. The number of hydrogen-bond acceptors (Lipinski definition) is 4. The maximum atomic E-state index is 13.8. The van der Waals surface area contributed by atoms with Crippen molar-refractivity contribution in [3.05, 3.63) is 59.7 Å². The van der Waals surface area contributed by atoms with E-state index >= 15 is 0 Å². The number of anilines is 1. The van der Waals surface area contributed by atoms with E-state index in [2.05, 4.69) is 15.5 Å². The normalized spacial score (nSPS) is 20.3. The molecule has 0 unspecified atom stereocenters. The van der Waals surface area contributed by atoms with Crippen molar-refractivity contribution in [3.8, 4) is 6.07 Å². The molecule has 1 fully saturated rings. The first-order chi connectivity index (χ1) is 12.7. The summed E-state index contributed by atoms with van der Waals surface area (Å²) in [6.07, 6.45) is -0.538. The molecule has 26 heavy (non-hydrogen) atoms. The summed E-state index contributed by atoms with van der Waals surface area (Å²) >= 11 is 0. The summed E-state index contributed by atoms with van der Waals surface area (Å²) in [5, 5.41) is 8.97. The van der Waals surface area contributed by atoms with Gasteiger partial charge in [-0.25, -0.2) is 9.37 Å². The SMILES string of the molecule is N#Cc1ccc(Cn2c(N3CC[C@H](F)[C@H](N)C3)nc3ccccc32)cc1. The largest absolute Gasteiger partial charge is 0.340 e. The van der Waals surface area contributed by atoms with Gasteiger partial charge in [-0.05, 0) is 36.2 Å². The predicted molar refractivity (Wildman–Crippen MR) is 99.7 cm³/mol. The molecule has 1 aliphatic rings. The van der Waals surface area contributed by atoms with Crippen molar-refractivity contribution in [2.24, 2.45) is 5.73 Å². The Balaban J connectivity index is 1.73. The molecule has 2 aromatic carbocycles. The number of imidazole rings is 1. The van der Waals surface area contributed by atoms with Gasteiger partial charge in [0.1, 0.15) is 6.17 Å². The Labute approximate surface area is 151 Å². The molecular weight excluding hydrogens is 329 g/mol. The van der Waals surface area contributed by atoms with Crippen LogP contribution >= 0.6 is 0 Å². The first-order valence-electron chi connectivity index (χ1n) is 8.74. The van der Waals surface area contributed by atoms with Crippen LogP contribution in [0, 0.1) is 11.3 Å². The number of alkyl halides is 1. The summed E-state index contributed by atoms with van der Waals surface area (Å²) < 4.78 is 15.9. The minimum Gasteiger partial charge on any atom is -0.340 e. The number of nitrogens with two attached hydrogens (primary N) is 1. The van der Waals surface area contributed by atoms with Crippen molar-refractivity contribution in [1.82, 2.24) is 9.55 Å². The first-order valence-corrected chi connectivity index (χ1v) is 8.74. The Morgan fingerprint density at radius 1 is 1.19 bits per heavy atom. The number of benzene rings is 2. The molecule has 1 aromatic heterocycles. The van der Waals surface area contributed by atoms with Crippen LogP contribution in [0.3, 0.4) is 0 Å². The lowest BCUT2D eigenvalue weighted by Gasteiger charge is -2.34. The van der Waals surface area contributed by atoms with E-state index in [0.29, 0.717) is 31.6 Å². The third-order valence-corrected chi connectivity index (χ3v) is 4.91. The van der Waals surface area contributed by atoms with Gasteiger partial charge in [0.25, 0.3) is 0 Å². The number of fused-ring (bicyclic) bond motifs is 1. The number of para-hydroxylation sites is 2. The molecule has 0 spiro atoms. The Hall–Kier alpha value is -2.91. The van der Waals surface area contributed by atoms with Gasteiger partial charge >= 0.3 is 0 Å². The molecule has 3 aromatic rings. The van der Waals surface area contributed by atoms with Crippen LogP contribution in [0.2, 0.25) is 0 Å².